The van der Waals surface area contributed by atoms with E-state index in [0.29, 0.717) is 0 Å². The number of nitrogens with one attached hydrogen (secondary N) is 4. The lowest BCUT2D eigenvalue weighted by atomic mass is 10.0. The molecule has 0 aliphatic carbocycles. The number of hydrogen-bond acceptors (Lipinski definition) is 5. The molecule has 7 N–H and O–H groups in total. The summed E-state index contributed by atoms with van der Waals surface area (Å²) in [7, 11) is 0. The van der Waals surface area contributed by atoms with Gasteiger partial charge in [-0.3, -0.25) is 19.2 Å². The van der Waals surface area contributed by atoms with E-state index in [1.54, 1.807) is 6.20 Å². The van der Waals surface area contributed by atoms with Crippen LogP contribution in [0.25, 0.3) is 10.9 Å². The van der Waals surface area contributed by atoms with Crippen molar-refractivity contribution in [1.82, 2.24) is 20.9 Å². The number of carboxylic acid groups (broad SMARTS) is 1. The Hall–Kier alpha value is -3.40. The summed E-state index contributed by atoms with van der Waals surface area (Å²) in [5.74, 6) is -2.93. The minimum absolute atomic E-state index is 0.138. The van der Waals surface area contributed by atoms with Crippen molar-refractivity contribution in [3.63, 3.8) is 0 Å². The molecule has 2 unspecified atom stereocenters. The fourth-order valence-corrected chi connectivity index (χ4v) is 2.68. The van der Waals surface area contributed by atoms with Gasteiger partial charge in [-0.1, -0.05) is 18.2 Å². The molecule has 10 nitrogen and oxygen atoms in total. The highest BCUT2D eigenvalue weighted by atomic mass is 16.4. The van der Waals surface area contributed by atoms with Gasteiger partial charge in [0.1, 0.15) is 18.6 Å². The molecule has 0 aliphatic rings. The van der Waals surface area contributed by atoms with Crippen LogP contribution in [0.4, 0.5) is 0 Å². The minimum Gasteiger partial charge on any atom is -0.480 e. The quantitative estimate of drug-likeness (QED) is 0.317. The second kappa shape index (κ2) is 9.51. The van der Waals surface area contributed by atoms with Crippen LogP contribution >= 0.6 is 0 Å². The Labute approximate surface area is 160 Å². The number of aliphatic carboxylic acids is 1. The van der Waals surface area contributed by atoms with Crippen molar-refractivity contribution in [2.24, 2.45) is 5.73 Å². The standard InChI is InChI=1S/C18H23N5O5/c1-10(22-15(24)7-19)17(27)23-14(18(28)21-9-16(25)26)6-11-8-20-13-5-3-2-4-12(11)13/h2-5,8,10,14,20H,6-7,9,19H2,1H3,(H,21,28)(H,22,24)(H,23,27)(H,25,26). The molecular formula is C18H23N5O5. The summed E-state index contributed by atoms with van der Waals surface area (Å²) in [6.07, 6.45) is 1.87. The molecule has 1 heterocycles. The summed E-state index contributed by atoms with van der Waals surface area (Å²) in [6.45, 7) is 0.620. The molecule has 1 aromatic heterocycles. The number of hydrogen-bond donors (Lipinski definition) is 6. The van der Waals surface area contributed by atoms with E-state index >= 15 is 0 Å². The van der Waals surface area contributed by atoms with Gasteiger partial charge in [-0.2, -0.15) is 0 Å². The Balaban J connectivity index is 2.16. The van der Waals surface area contributed by atoms with Crippen molar-refractivity contribution < 1.29 is 24.3 Å². The van der Waals surface area contributed by atoms with Gasteiger partial charge in [0, 0.05) is 23.5 Å². The fourth-order valence-electron chi connectivity index (χ4n) is 2.68. The zero-order valence-electron chi connectivity index (χ0n) is 15.3. The van der Waals surface area contributed by atoms with Gasteiger partial charge in [0.05, 0.1) is 6.54 Å². The second-order valence-corrected chi connectivity index (χ2v) is 6.23. The summed E-state index contributed by atoms with van der Waals surface area (Å²) in [6, 6.07) is 5.53. The molecule has 0 spiro atoms. The van der Waals surface area contributed by atoms with Crippen LogP contribution in [-0.2, 0) is 25.6 Å². The van der Waals surface area contributed by atoms with Crippen molar-refractivity contribution in [3.05, 3.63) is 36.0 Å². The van der Waals surface area contributed by atoms with Crippen molar-refractivity contribution in [3.8, 4) is 0 Å². The first-order chi connectivity index (χ1) is 13.3. The minimum atomic E-state index is -1.20. The number of carboxylic acids is 1. The highest BCUT2D eigenvalue weighted by Gasteiger charge is 2.25. The average molecular weight is 389 g/mol. The molecule has 0 saturated heterocycles. The van der Waals surface area contributed by atoms with Crippen molar-refractivity contribution in [2.45, 2.75) is 25.4 Å². The fraction of sp³-hybridized carbons (Fsp3) is 0.333. The highest BCUT2D eigenvalue weighted by molar-refractivity contribution is 5.93. The molecule has 0 saturated carbocycles. The van der Waals surface area contributed by atoms with Crippen molar-refractivity contribution in [2.75, 3.05) is 13.1 Å². The van der Waals surface area contributed by atoms with Crippen LogP contribution in [-0.4, -0.2) is 59.0 Å². The van der Waals surface area contributed by atoms with E-state index in [1.165, 1.54) is 6.92 Å². The number of carbonyl (C=O) groups is 4. The predicted molar refractivity (Wildman–Crippen MR) is 101 cm³/mol. The molecule has 2 atom stereocenters. The topological polar surface area (TPSA) is 166 Å². The number of fused-ring (bicyclic) bond motifs is 1. The van der Waals surface area contributed by atoms with Gasteiger partial charge in [0.15, 0.2) is 0 Å². The molecule has 0 aliphatic heterocycles. The Kier molecular flexibility index (Phi) is 7.10. The maximum absolute atomic E-state index is 12.4. The number of nitrogens with two attached hydrogens (primary N) is 1. The number of carbonyl (C=O) groups excluding carboxylic acids is 3. The summed E-state index contributed by atoms with van der Waals surface area (Å²) >= 11 is 0. The van der Waals surface area contributed by atoms with Crippen LogP contribution in [0, 0.1) is 0 Å². The van der Waals surface area contributed by atoms with Crippen molar-refractivity contribution >= 4 is 34.6 Å². The zero-order chi connectivity index (χ0) is 20.7. The monoisotopic (exact) mass is 389 g/mol. The molecule has 2 aromatic rings. The van der Waals surface area contributed by atoms with Gasteiger partial charge in [0.2, 0.25) is 17.7 Å². The summed E-state index contributed by atoms with van der Waals surface area (Å²) < 4.78 is 0. The van der Waals surface area contributed by atoms with Crippen LogP contribution < -0.4 is 21.7 Å². The number of aromatic amines is 1. The molecular weight excluding hydrogens is 366 g/mol. The lowest BCUT2D eigenvalue weighted by Crippen LogP contribution is -2.54. The lowest BCUT2D eigenvalue weighted by Gasteiger charge is -2.21. The van der Waals surface area contributed by atoms with Crippen LogP contribution in [0.2, 0.25) is 0 Å². The van der Waals surface area contributed by atoms with Gasteiger partial charge in [-0.25, -0.2) is 0 Å². The maximum Gasteiger partial charge on any atom is 0.322 e. The Morgan fingerprint density at radius 3 is 2.54 bits per heavy atom. The zero-order valence-corrected chi connectivity index (χ0v) is 15.3. The van der Waals surface area contributed by atoms with Gasteiger partial charge in [-0.15, -0.1) is 0 Å². The summed E-state index contributed by atoms with van der Waals surface area (Å²) in [4.78, 5) is 50.0. The van der Waals surface area contributed by atoms with Gasteiger partial charge in [-0.05, 0) is 18.6 Å². The molecule has 0 fully saturated rings. The van der Waals surface area contributed by atoms with Crippen LogP contribution in [0.15, 0.2) is 30.5 Å². The Morgan fingerprint density at radius 1 is 1.14 bits per heavy atom. The SMILES string of the molecule is CC(NC(=O)CN)C(=O)NC(Cc1c[nH]c2ccccc12)C(=O)NCC(=O)O. The van der Waals surface area contributed by atoms with Crippen LogP contribution in [0.5, 0.6) is 0 Å². The van der Waals surface area contributed by atoms with E-state index in [1.807, 2.05) is 24.3 Å². The number of benzene rings is 1. The normalized spacial score (nSPS) is 12.8. The van der Waals surface area contributed by atoms with E-state index < -0.39 is 42.3 Å². The predicted octanol–water partition coefficient (Wildman–Crippen LogP) is -1.14. The number of para-hydroxylation sites is 1. The molecule has 10 heteroatoms. The third-order valence-corrected chi connectivity index (χ3v) is 4.10. The first-order valence-electron chi connectivity index (χ1n) is 8.66. The van der Waals surface area contributed by atoms with E-state index in [2.05, 4.69) is 20.9 Å². The molecule has 150 valence electrons. The third kappa shape index (κ3) is 5.55. The van der Waals surface area contributed by atoms with Gasteiger partial charge >= 0.3 is 5.97 Å². The smallest absolute Gasteiger partial charge is 0.322 e. The average Bonchev–Trinajstić information content (AvgIpc) is 3.08. The maximum atomic E-state index is 12.4. The number of aromatic nitrogens is 1. The molecule has 3 amide bonds. The molecule has 2 rings (SSSR count). The molecule has 0 radical (unpaired) electrons. The summed E-state index contributed by atoms with van der Waals surface area (Å²) in [5, 5.41) is 16.9. The van der Waals surface area contributed by atoms with E-state index in [4.69, 9.17) is 10.8 Å². The van der Waals surface area contributed by atoms with Crippen LogP contribution in [0.3, 0.4) is 0 Å². The number of amides is 3. The van der Waals surface area contributed by atoms with Crippen LogP contribution in [0.1, 0.15) is 12.5 Å². The third-order valence-electron chi connectivity index (χ3n) is 4.10. The Bertz CT molecular complexity index is 878. The largest absolute Gasteiger partial charge is 0.480 e. The number of H-pyrrole nitrogens is 1. The van der Waals surface area contributed by atoms with Crippen molar-refractivity contribution in [1.29, 1.82) is 0 Å². The van der Waals surface area contributed by atoms with E-state index in [0.717, 1.165) is 16.5 Å². The highest BCUT2D eigenvalue weighted by Crippen LogP contribution is 2.19. The Morgan fingerprint density at radius 2 is 1.86 bits per heavy atom. The first-order valence-corrected chi connectivity index (χ1v) is 8.66. The van der Waals surface area contributed by atoms with Gasteiger partial charge in [0.25, 0.3) is 0 Å². The second-order valence-electron chi connectivity index (χ2n) is 6.23. The molecule has 0 bridgehead atoms. The number of rotatable bonds is 9. The molecule has 28 heavy (non-hydrogen) atoms. The summed E-state index contributed by atoms with van der Waals surface area (Å²) in [5.41, 5.74) is 6.87. The van der Waals surface area contributed by atoms with E-state index in [-0.39, 0.29) is 13.0 Å². The van der Waals surface area contributed by atoms with E-state index in [9.17, 15) is 19.2 Å². The molecule has 1 aromatic carbocycles. The lowest BCUT2D eigenvalue weighted by molar-refractivity contribution is -0.138. The van der Waals surface area contributed by atoms with Gasteiger partial charge < -0.3 is 31.8 Å². The first kappa shape index (κ1) is 20.9.